The highest BCUT2D eigenvalue weighted by atomic mass is 35.5. The summed E-state index contributed by atoms with van der Waals surface area (Å²) in [4.78, 5) is 17.4. The van der Waals surface area contributed by atoms with Crippen LogP contribution in [0.1, 0.15) is 12.0 Å². The first kappa shape index (κ1) is 11.4. The first-order chi connectivity index (χ1) is 7.70. The molecule has 1 atom stereocenters. The fraction of sp³-hybridized carbons (Fsp3) is 0.455. The molecule has 5 heteroatoms. The average Bonchev–Trinajstić information content (AvgIpc) is 2.63. The lowest BCUT2D eigenvalue weighted by Crippen LogP contribution is -2.25. The number of hydrogen-bond acceptors (Lipinski definition) is 3. The van der Waals surface area contributed by atoms with Crippen LogP contribution in [0, 0.1) is 5.92 Å². The number of carbonyl (C=O) groups is 1. The van der Waals surface area contributed by atoms with Crippen LogP contribution in [0.3, 0.4) is 0 Å². The van der Waals surface area contributed by atoms with E-state index in [4.69, 9.17) is 17.3 Å². The first-order valence-corrected chi connectivity index (χ1v) is 5.65. The summed E-state index contributed by atoms with van der Waals surface area (Å²) in [6, 6.07) is 3.71. The van der Waals surface area contributed by atoms with Crippen molar-refractivity contribution >= 4 is 17.5 Å². The van der Waals surface area contributed by atoms with Crippen molar-refractivity contribution in [3.05, 3.63) is 29.0 Å². The zero-order valence-corrected chi connectivity index (χ0v) is 9.65. The molecule has 1 saturated heterocycles. The highest BCUT2D eigenvalue weighted by molar-refractivity contribution is 6.30. The molecule has 0 saturated carbocycles. The maximum atomic E-state index is 11.7. The molecule has 1 aliphatic heterocycles. The maximum Gasteiger partial charge on any atom is 0.223 e. The second kappa shape index (κ2) is 4.80. The molecule has 0 aliphatic carbocycles. The Morgan fingerprint density at radius 3 is 3.06 bits per heavy atom. The lowest BCUT2D eigenvalue weighted by atomic mass is 10.1. The van der Waals surface area contributed by atoms with Crippen LogP contribution in [0.25, 0.3) is 0 Å². The molecule has 86 valence electrons. The third kappa shape index (κ3) is 2.33. The molecule has 2 heterocycles. The molecule has 0 radical (unpaired) electrons. The molecule has 2 N–H and O–H groups in total. The smallest absolute Gasteiger partial charge is 0.223 e. The van der Waals surface area contributed by atoms with E-state index in [0.717, 1.165) is 12.1 Å². The van der Waals surface area contributed by atoms with Gasteiger partial charge in [0.2, 0.25) is 5.91 Å². The van der Waals surface area contributed by atoms with Gasteiger partial charge in [0.05, 0.1) is 0 Å². The number of aromatic nitrogens is 1. The van der Waals surface area contributed by atoms with Gasteiger partial charge in [-0.2, -0.15) is 0 Å². The van der Waals surface area contributed by atoms with Gasteiger partial charge in [-0.15, -0.1) is 0 Å². The van der Waals surface area contributed by atoms with Gasteiger partial charge >= 0.3 is 0 Å². The quantitative estimate of drug-likeness (QED) is 0.802. The molecule has 2 rings (SSSR count). The van der Waals surface area contributed by atoms with Crippen LogP contribution in [0.4, 0.5) is 0 Å². The van der Waals surface area contributed by atoms with E-state index in [2.05, 4.69) is 4.98 Å². The summed E-state index contributed by atoms with van der Waals surface area (Å²) in [7, 11) is 0. The van der Waals surface area contributed by atoms with Crippen molar-refractivity contribution in [2.24, 2.45) is 11.7 Å². The highest BCUT2D eigenvalue weighted by Crippen LogP contribution is 2.21. The Labute approximate surface area is 99.4 Å². The van der Waals surface area contributed by atoms with Crippen molar-refractivity contribution in [3.63, 3.8) is 0 Å². The molecule has 1 aromatic rings. The van der Waals surface area contributed by atoms with Crippen LogP contribution in [-0.4, -0.2) is 28.9 Å². The summed E-state index contributed by atoms with van der Waals surface area (Å²) in [6.07, 6.45) is 2.19. The Kier molecular flexibility index (Phi) is 3.41. The molecule has 1 unspecified atom stereocenters. The Bertz CT molecular complexity index is 397. The molecule has 1 amide bonds. The normalized spacial score (nSPS) is 20.5. The second-order valence-corrected chi connectivity index (χ2v) is 4.39. The van der Waals surface area contributed by atoms with Crippen LogP contribution in [0.5, 0.6) is 0 Å². The lowest BCUT2D eigenvalue weighted by molar-refractivity contribution is -0.128. The van der Waals surface area contributed by atoms with Crippen LogP contribution >= 0.6 is 11.6 Å². The second-order valence-electron chi connectivity index (χ2n) is 4.03. The van der Waals surface area contributed by atoms with Crippen molar-refractivity contribution in [2.45, 2.75) is 13.0 Å². The highest BCUT2D eigenvalue weighted by Gasteiger charge is 2.28. The summed E-state index contributed by atoms with van der Waals surface area (Å²) in [5, 5.41) is 0.464. The molecule has 16 heavy (non-hydrogen) atoms. The average molecular weight is 240 g/mol. The summed E-state index contributed by atoms with van der Waals surface area (Å²) in [5.74, 6) is 0.429. The van der Waals surface area contributed by atoms with Crippen molar-refractivity contribution in [3.8, 4) is 0 Å². The fourth-order valence-corrected chi connectivity index (χ4v) is 2.09. The number of likely N-dealkylation sites (tertiary alicyclic amines) is 1. The van der Waals surface area contributed by atoms with Gasteiger partial charge in [0.25, 0.3) is 0 Å². The molecule has 0 spiro atoms. The van der Waals surface area contributed by atoms with Crippen molar-refractivity contribution in [2.75, 3.05) is 13.1 Å². The first-order valence-electron chi connectivity index (χ1n) is 5.28. The summed E-state index contributed by atoms with van der Waals surface area (Å²) in [6.45, 7) is 1.81. The van der Waals surface area contributed by atoms with E-state index in [1.807, 2.05) is 12.1 Å². The maximum absolute atomic E-state index is 11.7. The Balaban J connectivity index is 2.06. The minimum atomic E-state index is 0.148. The van der Waals surface area contributed by atoms with Gasteiger partial charge in [0, 0.05) is 31.3 Å². The fourth-order valence-electron chi connectivity index (χ4n) is 1.91. The monoisotopic (exact) mass is 239 g/mol. The molecule has 0 aromatic carbocycles. The number of halogens is 1. The number of amides is 1. The van der Waals surface area contributed by atoms with Crippen LogP contribution in [0.15, 0.2) is 18.3 Å². The molecule has 4 nitrogen and oxygen atoms in total. The third-order valence-corrected chi connectivity index (χ3v) is 3.17. The number of nitrogens with zero attached hydrogens (tertiary/aromatic N) is 2. The molecule has 1 fully saturated rings. The van der Waals surface area contributed by atoms with Crippen molar-refractivity contribution < 1.29 is 4.79 Å². The van der Waals surface area contributed by atoms with Gasteiger partial charge in [0.1, 0.15) is 5.15 Å². The van der Waals surface area contributed by atoms with Crippen molar-refractivity contribution in [1.29, 1.82) is 0 Å². The lowest BCUT2D eigenvalue weighted by Gasteiger charge is -2.16. The van der Waals surface area contributed by atoms with Gasteiger partial charge in [-0.1, -0.05) is 17.7 Å². The molecular weight excluding hydrogens is 226 g/mol. The van der Waals surface area contributed by atoms with Gasteiger partial charge in [-0.25, -0.2) is 4.98 Å². The standard InChI is InChI=1S/C11H14ClN3O/c12-11-9(2-1-3-14-11)7-15-6-8(5-13)4-10(15)16/h1-3,8H,4-7,13H2. The van der Waals surface area contributed by atoms with Gasteiger partial charge in [0.15, 0.2) is 0 Å². The summed E-state index contributed by atoms with van der Waals surface area (Å²) >= 11 is 5.95. The Morgan fingerprint density at radius 1 is 1.62 bits per heavy atom. The predicted molar refractivity (Wildman–Crippen MR) is 61.8 cm³/mol. The zero-order chi connectivity index (χ0) is 11.5. The largest absolute Gasteiger partial charge is 0.338 e. The van der Waals surface area contributed by atoms with E-state index < -0.39 is 0 Å². The summed E-state index contributed by atoms with van der Waals surface area (Å²) < 4.78 is 0. The van der Waals surface area contributed by atoms with E-state index in [-0.39, 0.29) is 11.8 Å². The van der Waals surface area contributed by atoms with Gasteiger partial charge in [-0.3, -0.25) is 4.79 Å². The van der Waals surface area contributed by atoms with Gasteiger partial charge < -0.3 is 10.6 Å². The van der Waals surface area contributed by atoms with E-state index in [1.165, 1.54) is 0 Å². The number of rotatable bonds is 3. The van der Waals surface area contributed by atoms with Crippen molar-refractivity contribution in [1.82, 2.24) is 9.88 Å². The van der Waals surface area contributed by atoms with Crippen LogP contribution in [0.2, 0.25) is 5.15 Å². The number of nitrogens with two attached hydrogens (primary N) is 1. The number of hydrogen-bond donors (Lipinski definition) is 1. The topological polar surface area (TPSA) is 59.2 Å². The third-order valence-electron chi connectivity index (χ3n) is 2.83. The van der Waals surface area contributed by atoms with Gasteiger partial charge in [-0.05, 0) is 18.5 Å². The van der Waals surface area contributed by atoms with E-state index in [0.29, 0.717) is 24.7 Å². The molecular formula is C11H14ClN3O. The van der Waals surface area contributed by atoms with Crippen LogP contribution < -0.4 is 5.73 Å². The summed E-state index contributed by atoms with van der Waals surface area (Å²) in [5.41, 5.74) is 6.45. The number of carbonyl (C=O) groups excluding carboxylic acids is 1. The van der Waals surface area contributed by atoms with Crippen LogP contribution in [-0.2, 0) is 11.3 Å². The molecule has 1 aromatic heterocycles. The minimum Gasteiger partial charge on any atom is -0.338 e. The van der Waals surface area contributed by atoms with E-state index in [9.17, 15) is 4.79 Å². The Hall–Kier alpha value is -1.13. The zero-order valence-electron chi connectivity index (χ0n) is 8.90. The molecule has 1 aliphatic rings. The SMILES string of the molecule is NCC1CC(=O)N(Cc2cccnc2Cl)C1. The number of pyridine rings is 1. The molecule has 0 bridgehead atoms. The van der Waals surface area contributed by atoms with E-state index in [1.54, 1.807) is 11.1 Å². The Morgan fingerprint density at radius 2 is 2.44 bits per heavy atom. The predicted octanol–water partition coefficient (Wildman–Crippen LogP) is 1.04. The minimum absolute atomic E-state index is 0.148. The van der Waals surface area contributed by atoms with E-state index >= 15 is 0 Å².